The van der Waals surface area contributed by atoms with E-state index in [9.17, 15) is 0 Å². The summed E-state index contributed by atoms with van der Waals surface area (Å²) in [7, 11) is 0. The average molecular weight is 237 g/mol. The predicted molar refractivity (Wildman–Crippen MR) is 72.3 cm³/mol. The lowest BCUT2D eigenvalue weighted by molar-refractivity contribution is 0.782. The lowest BCUT2D eigenvalue weighted by Crippen LogP contribution is -2.27. The van der Waals surface area contributed by atoms with Gasteiger partial charge in [-0.25, -0.2) is 4.98 Å². The van der Waals surface area contributed by atoms with E-state index in [-0.39, 0.29) is 0 Å². The molecule has 0 radical (unpaired) electrons. The van der Waals surface area contributed by atoms with E-state index in [0.29, 0.717) is 12.5 Å². The SMILES string of the molecule is N#CCCN(c1nccc2ccccc12)C1CC1. The second-order valence-electron chi connectivity index (χ2n) is 4.69. The zero-order chi connectivity index (χ0) is 12.4. The molecular weight excluding hydrogens is 222 g/mol. The summed E-state index contributed by atoms with van der Waals surface area (Å²) in [4.78, 5) is 6.84. The monoisotopic (exact) mass is 237 g/mol. The summed E-state index contributed by atoms with van der Waals surface area (Å²) >= 11 is 0. The van der Waals surface area contributed by atoms with Crippen LogP contribution in [0.2, 0.25) is 0 Å². The van der Waals surface area contributed by atoms with Gasteiger partial charge in [0.15, 0.2) is 0 Å². The molecule has 3 rings (SSSR count). The summed E-state index contributed by atoms with van der Waals surface area (Å²) in [6.07, 6.45) is 4.85. The third-order valence-corrected chi connectivity index (χ3v) is 3.38. The quantitative estimate of drug-likeness (QED) is 0.820. The van der Waals surface area contributed by atoms with E-state index < -0.39 is 0 Å². The number of fused-ring (bicyclic) bond motifs is 1. The highest BCUT2D eigenvalue weighted by molar-refractivity contribution is 5.92. The number of benzene rings is 1. The summed E-state index contributed by atoms with van der Waals surface area (Å²) in [6.45, 7) is 0.780. The molecule has 0 spiro atoms. The minimum absolute atomic E-state index is 0.557. The highest BCUT2D eigenvalue weighted by Gasteiger charge is 2.30. The highest BCUT2D eigenvalue weighted by Crippen LogP contribution is 2.34. The first kappa shape index (κ1) is 11.0. The summed E-state index contributed by atoms with van der Waals surface area (Å²) in [5.41, 5.74) is 0. The zero-order valence-electron chi connectivity index (χ0n) is 10.2. The summed E-state index contributed by atoms with van der Waals surface area (Å²) in [5.74, 6) is 1.03. The van der Waals surface area contributed by atoms with Crippen molar-refractivity contribution in [2.24, 2.45) is 0 Å². The van der Waals surface area contributed by atoms with Gasteiger partial charge in [-0.15, -0.1) is 0 Å². The van der Waals surface area contributed by atoms with E-state index in [2.05, 4.69) is 28.1 Å². The van der Waals surface area contributed by atoms with Crippen LogP contribution in [-0.4, -0.2) is 17.6 Å². The van der Waals surface area contributed by atoms with Crippen LogP contribution in [0.5, 0.6) is 0 Å². The van der Waals surface area contributed by atoms with Crippen molar-refractivity contribution in [2.75, 3.05) is 11.4 Å². The fraction of sp³-hybridized carbons (Fsp3) is 0.333. The Labute approximate surface area is 107 Å². The number of pyridine rings is 1. The third-order valence-electron chi connectivity index (χ3n) is 3.38. The van der Waals surface area contributed by atoms with Gasteiger partial charge >= 0.3 is 0 Å². The van der Waals surface area contributed by atoms with Crippen LogP contribution >= 0.6 is 0 Å². The molecule has 1 aromatic heterocycles. The summed E-state index contributed by atoms with van der Waals surface area (Å²) < 4.78 is 0. The molecule has 1 aliphatic carbocycles. The number of rotatable bonds is 4. The van der Waals surface area contributed by atoms with Gasteiger partial charge in [-0.3, -0.25) is 0 Å². The van der Waals surface area contributed by atoms with Gasteiger partial charge in [0, 0.05) is 24.2 Å². The first-order chi connectivity index (χ1) is 8.90. The normalized spacial score (nSPS) is 14.4. The van der Waals surface area contributed by atoms with E-state index in [1.807, 2.05) is 24.4 Å². The van der Waals surface area contributed by atoms with Crippen LogP contribution in [-0.2, 0) is 0 Å². The first-order valence-corrected chi connectivity index (χ1v) is 6.37. The zero-order valence-corrected chi connectivity index (χ0v) is 10.2. The Morgan fingerprint density at radius 1 is 1.28 bits per heavy atom. The van der Waals surface area contributed by atoms with Crippen LogP contribution in [0.3, 0.4) is 0 Å². The van der Waals surface area contributed by atoms with Crippen LogP contribution < -0.4 is 4.90 Å². The van der Waals surface area contributed by atoms with E-state index >= 15 is 0 Å². The number of aromatic nitrogens is 1. The molecule has 0 bridgehead atoms. The Bertz CT molecular complexity index is 591. The smallest absolute Gasteiger partial charge is 0.136 e. The molecule has 0 aliphatic heterocycles. The van der Waals surface area contributed by atoms with E-state index in [4.69, 9.17) is 5.26 Å². The standard InChI is InChI=1S/C15H15N3/c16-9-3-11-18(13-6-7-13)15-14-5-2-1-4-12(14)8-10-17-15/h1-2,4-5,8,10,13H,3,6-7,11H2. The number of hydrogen-bond acceptors (Lipinski definition) is 3. The average Bonchev–Trinajstić information content (AvgIpc) is 3.24. The largest absolute Gasteiger partial charge is 0.352 e. The van der Waals surface area contributed by atoms with Crippen molar-refractivity contribution in [3.8, 4) is 6.07 Å². The van der Waals surface area contributed by atoms with Gasteiger partial charge in [0.05, 0.1) is 12.5 Å². The van der Waals surface area contributed by atoms with Crippen LogP contribution in [0.15, 0.2) is 36.5 Å². The van der Waals surface area contributed by atoms with Crippen LogP contribution in [0.4, 0.5) is 5.82 Å². The number of nitrogens with zero attached hydrogens (tertiary/aromatic N) is 3. The highest BCUT2D eigenvalue weighted by atomic mass is 15.2. The van der Waals surface area contributed by atoms with Crippen molar-refractivity contribution in [3.05, 3.63) is 36.5 Å². The number of anilines is 1. The lowest BCUT2D eigenvalue weighted by atomic mass is 10.1. The maximum Gasteiger partial charge on any atom is 0.136 e. The van der Waals surface area contributed by atoms with Crippen molar-refractivity contribution in [3.63, 3.8) is 0 Å². The minimum Gasteiger partial charge on any atom is -0.352 e. The van der Waals surface area contributed by atoms with Gasteiger partial charge in [0.25, 0.3) is 0 Å². The second kappa shape index (κ2) is 4.66. The molecule has 0 N–H and O–H groups in total. The Morgan fingerprint density at radius 2 is 2.11 bits per heavy atom. The molecule has 1 aromatic carbocycles. The van der Waals surface area contributed by atoms with Crippen molar-refractivity contribution in [2.45, 2.75) is 25.3 Å². The Balaban J connectivity index is 2.03. The van der Waals surface area contributed by atoms with Gasteiger partial charge in [-0.05, 0) is 24.3 Å². The number of nitriles is 1. The molecule has 1 heterocycles. The maximum absolute atomic E-state index is 8.78. The van der Waals surface area contributed by atoms with Gasteiger partial charge in [0.1, 0.15) is 5.82 Å². The second-order valence-corrected chi connectivity index (χ2v) is 4.69. The molecule has 90 valence electrons. The molecule has 0 atom stereocenters. The van der Waals surface area contributed by atoms with Crippen molar-refractivity contribution in [1.82, 2.24) is 4.98 Å². The molecule has 3 nitrogen and oxygen atoms in total. The molecule has 18 heavy (non-hydrogen) atoms. The lowest BCUT2D eigenvalue weighted by Gasteiger charge is -2.23. The molecule has 0 unspecified atom stereocenters. The summed E-state index contributed by atoms with van der Waals surface area (Å²) in [6, 6.07) is 13.2. The van der Waals surface area contributed by atoms with Gasteiger partial charge in [0.2, 0.25) is 0 Å². The molecule has 0 amide bonds. The van der Waals surface area contributed by atoms with Gasteiger partial charge in [-0.1, -0.05) is 24.3 Å². The molecule has 1 saturated carbocycles. The molecule has 1 aliphatic rings. The van der Waals surface area contributed by atoms with Gasteiger partial charge in [-0.2, -0.15) is 5.26 Å². The topological polar surface area (TPSA) is 39.9 Å². The van der Waals surface area contributed by atoms with Crippen LogP contribution in [0, 0.1) is 11.3 Å². The number of hydrogen-bond donors (Lipinski definition) is 0. The van der Waals surface area contributed by atoms with Crippen LogP contribution in [0.25, 0.3) is 10.8 Å². The minimum atomic E-state index is 0.557. The Hall–Kier alpha value is -2.08. The maximum atomic E-state index is 8.78. The Kier molecular flexibility index (Phi) is 2.85. The predicted octanol–water partition coefficient (Wildman–Crippen LogP) is 3.12. The van der Waals surface area contributed by atoms with E-state index in [1.165, 1.54) is 23.6 Å². The molecule has 0 saturated heterocycles. The fourth-order valence-corrected chi connectivity index (χ4v) is 2.35. The van der Waals surface area contributed by atoms with Crippen molar-refractivity contribution < 1.29 is 0 Å². The molecule has 3 heteroatoms. The van der Waals surface area contributed by atoms with Crippen LogP contribution in [0.1, 0.15) is 19.3 Å². The third kappa shape index (κ3) is 2.02. The molecular formula is C15H15N3. The van der Waals surface area contributed by atoms with E-state index in [1.54, 1.807) is 0 Å². The van der Waals surface area contributed by atoms with E-state index in [0.717, 1.165) is 12.4 Å². The van der Waals surface area contributed by atoms with Crippen molar-refractivity contribution in [1.29, 1.82) is 5.26 Å². The summed E-state index contributed by atoms with van der Waals surface area (Å²) in [5, 5.41) is 11.2. The molecule has 2 aromatic rings. The van der Waals surface area contributed by atoms with Gasteiger partial charge < -0.3 is 4.90 Å². The first-order valence-electron chi connectivity index (χ1n) is 6.37. The van der Waals surface area contributed by atoms with Crippen molar-refractivity contribution >= 4 is 16.6 Å². The fourth-order valence-electron chi connectivity index (χ4n) is 2.35. The Morgan fingerprint density at radius 3 is 2.89 bits per heavy atom. The molecule has 1 fully saturated rings.